The maximum Gasteiger partial charge on any atom is 0.0589 e. The molecule has 0 fully saturated rings. The van der Waals surface area contributed by atoms with Crippen molar-refractivity contribution in [3.8, 4) is 0 Å². The molecule has 2 rings (SSSR count). The fraction of sp³-hybridized carbons (Fsp3) is 0.364. The van der Waals surface area contributed by atoms with Crippen molar-refractivity contribution in [1.82, 2.24) is 4.37 Å². The number of hydrogen-bond acceptors (Lipinski definition) is 3. The van der Waals surface area contributed by atoms with Crippen LogP contribution in [-0.4, -0.2) is 16.1 Å². The lowest BCUT2D eigenvalue weighted by Crippen LogP contribution is -1.88. The average molecular weight is 207 g/mol. The number of hydrogen-bond donors (Lipinski definition) is 1. The van der Waals surface area contributed by atoms with E-state index in [1.807, 2.05) is 6.92 Å². The number of fused-ring (bicyclic) bond motifs is 1. The maximum absolute atomic E-state index is 8.75. The van der Waals surface area contributed by atoms with Gasteiger partial charge in [0.1, 0.15) is 0 Å². The highest BCUT2D eigenvalue weighted by molar-refractivity contribution is 7.13. The molecule has 3 heteroatoms. The molecule has 0 unspecified atom stereocenters. The van der Waals surface area contributed by atoms with Gasteiger partial charge in [-0.05, 0) is 49.0 Å². The van der Waals surface area contributed by atoms with Crippen molar-refractivity contribution >= 4 is 21.6 Å². The number of aromatic nitrogens is 1. The summed E-state index contributed by atoms with van der Waals surface area (Å²) in [7, 11) is 0. The predicted molar refractivity (Wildman–Crippen MR) is 59.8 cm³/mol. The van der Waals surface area contributed by atoms with Crippen molar-refractivity contribution in [2.24, 2.45) is 0 Å². The van der Waals surface area contributed by atoms with Gasteiger partial charge in [0.15, 0.2) is 0 Å². The fourth-order valence-electron chi connectivity index (χ4n) is 1.54. The normalized spacial score (nSPS) is 11.0. The molecule has 0 radical (unpaired) electrons. The highest BCUT2D eigenvalue weighted by Gasteiger charge is 2.02. The Morgan fingerprint density at radius 1 is 1.43 bits per heavy atom. The first-order valence-corrected chi connectivity index (χ1v) is 5.54. The van der Waals surface area contributed by atoms with Crippen molar-refractivity contribution in [3.05, 3.63) is 29.5 Å². The van der Waals surface area contributed by atoms with Gasteiger partial charge in [-0.2, -0.15) is 4.37 Å². The standard InChI is InChI=1S/C11H13NOS/c1-8-10-7-9(3-2-6-13)4-5-11(10)14-12-8/h4-5,7,13H,2-3,6H2,1H3. The van der Waals surface area contributed by atoms with Gasteiger partial charge in [-0.25, -0.2) is 0 Å². The molecule has 0 aliphatic heterocycles. The number of aliphatic hydroxyl groups is 1. The zero-order chi connectivity index (χ0) is 9.97. The van der Waals surface area contributed by atoms with Crippen LogP contribution in [0.3, 0.4) is 0 Å². The van der Waals surface area contributed by atoms with E-state index in [1.54, 1.807) is 11.5 Å². The van der Waals surface area contributed by atoms with Crippen LogP contribution in [0.4, 0.5) is 0 Å². The third-order valence-corrected chi connectivity index (χ3v) is 3.26. The van der Waals surface area contributed by atoms with E-state index in [0.29, 0.717) is 0 Å². The van der Waals surface area contributed by atoms with Crippen LogP contribution in [0.2, 0.25) is 0 Å². The SMILES string of the molecule is Cc1nsc2ccc(CCCO)cc12. The Morgan fingerprint density at radius 2 is 2.29 bits per heavy atom. The molecule has 1 N–H and O–H groups in total. The van der Waals surface area contributed by atoms with E-state index in [2.05, 4.69) is 22.6 Å². The van der Waals surface area contributed by atoms with E-state index >= 15 is 0 Å². The Balaban J connectivity index is 2.34. The summed E-state index contributed by atoms with van der Waals surface area (Å²) in [4.78, 5) is 0. The largest absolute Gasteiger partial charge is 0.396 e. The molecule has 0 amide bonds. The summed E-state index contributed by atoms with van der Waals surface area (Å²) in [6.07, 6.45) is 1.78. The van der Waals surface area contributed by atoms with E-state index < -0.39 is 0 Å². The highest BCUT2D eigenvalue weighted by Crippen LogP contribution is 2.23. The second-order valence-electron chi connectivity index (χ2n) is 3.43. The van der Waals surface area contributed by atoms with Gasteiger partial charge in [0.05, 0.1) is 10.4 Å². The molecule has 74 valence electrons. The summed E-state index contributed by atoms with van der Waals surface area (Å²) < 4.78 is 5.56. The molecule has 2 nitrogen and oxygen atoms in total. The Hall–Kier alpha value is -0.930. The van der Waals surface area contributed by atoms with Gasteiger partial charge in [-0.15, -0.1) is 0 Å². The molecule has 1 aromatic carbocycles. The Morgan fingerprint density at radius 3 is 3.07 bits per heavy atom. The first kappa shape index (κ1) is 9.62. The summed E-state index contributed by atoms with van der Waals surface area (Å²) >= 11 is 1.55. The van der Waals surface area contributed by atoms with Gasteiger partial charge in [0.2, 0.25) is 0 Å². The van der Waals surface area contributed by atoms with E-state index in [0.717, 1.165) is 18.5 Å². The number of benzene rings is 1. The number of aliphatic hydroxyl groups excluding tert-OH is 1. The summed E-state index contributed by atoms with van der Waals surface area (Å²) in [6.45, 7) is 2.30. The molecule has 1 aromatic heterocycles. The molecule has 0 aliphatic carbocycles. The lowest BCUT2D eigenvalue weighted by Gasteiger charge is -1.99. The van der Waals surface area contributed by atoms with Crippen LogP contribution in [0.1, 0.15) is 17.7 Å². The first-order chi connectivity index (χ1) is 6.81. The molecule has 14 heavy (non-hydrogen) atoms. The van der Waals surface area contributed by atoms with Crippen LogP contribution >= 0.6 is 11.5 Å². The topological polar surface area (TPSA) is 33.1 Å². The van der Waals surface area contributed by atoms with Crippen LogP contribution in [0.15, 0.2) is 18.2 Å². The zero-order valence-corrected chi connectivity index (χ0v) is 8.97. The Kier molecular flexibility index (Phi) is 2.79. The zero-order valence-electron chi connectivity index (χ0n) is 8.16. The van der Waals surface area contributed by atoms with Crippen LogP contribution in [0, 0.1) is 6.92 Å². The van der Waals surface area contributed by atoms with Crippen LogP contribution in [-0.2, 0) is 6.42 Å². The van der Waals surface area contributed by atoms with Crippen molar-refractivity contribution in [1.29, 1.82) is 0 Å². The number of aryl methyl sites for hydroxylation is 2. The molecular formula is C11H13NOS. The Bertz CT molecular complexity index is 436. The molecule has 0 bridgehead atoms. The fourth-order valence-corrected chi connectivity index (χ4v) is 2.31. The third-order valence-electron chi connectivity index (χ3n) is 2.34. The minimum Gasteiger partial charge on any atom is -0.396 e. The number of rotatable bonds is 3. The van der Waals surface area contributed by atoms with E-state index in [1.165, 1.54) is 15.6 Å². The van der Waals surface area contributed by atoms with Crippen LogP contribution < -0.4 is 0 Å². The molecule has 1 heterocycles. The van der Waals surface area contributed by atoms with E-state index in [-0.39, 0.29) is 6.61 Å². The average Bonchev–Trinajstić information content (AvgIpc) is 2.57. The summed E-state index contributed by atoms with van der Waals surface area (Å²) in [6, 6.07) is 6.42. The third kappa shape index (κ3) is 1.79. The van der Waals surface area contributed by atoms with Gasteiger partial charge in [-0.3, -0.25) is 0 Å². The van der Waals surface area contributed by atoms with E-state index in [9.17, 15) is 0 Å². The molecule has 0 spiro atoms. The lowest BCUT2D eigenvalue weighted by atomic mass is 10.1. The summed E-state index contributed by atoms with van der Waals surface area (Å²) in [5.74, 6) is 0. The molecule has 0 aliphatic rings. The second-order valence-corrected chi connectivity index (χ2v) is 4.23. The molecule has 0 saturated carbocycles. The lowest BCUT2D eigenvalue weighted by molar-refractivity contribution is 0.288. The van der Waals surface area contributed by atoms with Gasteiger partial charge in [0.25, 0.3) is 0 Å². The highest BCUT2D eigenvalue weighted by atomic mass is 32.1. The molecule has 0 atom stereocenters. The van der Waals surface area contributed by atoms with Gasteiger partial charge < -0.3 is 5.11 Å². The van der Waals surface area contributed by atoms with E-state index in [4.69, 9.17) is 5.11 Å². The van der Waals surface area contributed by atoms with Crippen LogP contribution in [0.5, 0.6) is 0 Å². The number of nitrogens with zero attached hydrogens (tertiary/aromatic N) is 1. The smallest absolute Gasteiger partial charge is 0.0589 e. The molecular weight excluding hydrogens is 194 g/mol. The Labute approximate surface area is 87.4 Å². The van der Waals surface area contributed by atoms with Crippen molar-refractivity contribution < 1.29 is 5.11 Å². The second kappa shape index (κ2) is 4.07. The predicted octanol–water partition coefficient (Wildman–Crippen LogP) is 2.53. The minimum atomic E-state index is 0.263. The summed E-state index contributed by atoms with van der Waals surface area (Å²) in [5, 5.41) is 10.0. The van der Waals surface area contributed by atoms with Crippen molar-refractivity contribution in [2.75, 3.05) is 6.61 Å². The van der Waals surface area contributed by atoms with Gasteiger partial charge in [-0.1, -0.05) is 6.07 Å². The van der Waals surface area contributed by atoms with Crippen molar-refractivity contribution in [3.63, 3.8) is 0 Å². The van der Waals surface area contributed by atoms with Crippen molar-refractivity contribution in [2.45, 2.75) is 19.8 Å². The molecule has 0 saturated heterocycles. The van der Waals surface area contributed by atoms with Gasteiger partial charge >= 0.3 is 0 Å². The minimum absolute atomic E-state index is 0.263. The monoisotopic (exact) mass is 207 g/mol. The summed E-state index contributed by atoms with van der Waals surface area (Å²) in [5.41, 5.74) is 2.39. The van der Waals surface area contributed by atoms with Gasteiger partial charge in [0, 0.05) is 12.0 Å². The first-order valence-electron chi connectivity index (χ1n) is 4.77. The van der Waals surface area contributed by atoms with Crippen LogP contribution in [0.25, 0.3) is 10.1 Å². The molecule has 2 aromatic rings. The quantitative estimate of drug-likeness (QED) is 0.839. The maximum atomic E-state index is 8.75.